The number of hydrogen-bond donors (Lipinski definition) is 0. The Morgan fingerprint density at radius 2 is 1.73 bits per heavy atom. The van der Waals surface area contributed by atoms with Crippen LogP contribution in [0, 0.1) is 12.8 Å². The Kier molecular flexibility index (Phi) is 11.5. The molecule has 0 saturated carbocycles. The van der Waals surface area contributed by atoms with Gasteiger partial charge in [0.1, 0.15) is 17.0 Å². The van der Waals surface area contributed by atoms with Crippen LogP contribution in [0.3, 0.4) is 0 Å². The van der Waals surface area contributed by atoms with Gasteiger partial charge in [-0.15, -0.1) is 24.8 Å². The lowest BCUT2D eigenvalue weighted by molar-refractivity contribution is -0.138. The number of halogens is 2. The fourth-order valence-corrected chi connectivity index (χ4v) is 5.95. The lowest BCUT2D eigenvalue weighted by atomic mass is 10.1. The Labute approximate surface area is 270 Å². The maximum Gasteiger partial charge on any atom is 0.330 e. The molecular weight excluding hydrogens is 601 g/mol. The molecule has 4 aromatic rings. The van der Waals surface area contributed by atoms with Crippen LogP contribution in [-0.4, -0.2) is 60.0 Å². The van der Waals surface area contributed by atoms with Crippen LogP contribution in [0.25, 0.3) is 11.0 Å². The molecular formula is C33H42Cl2N5O4+. The average Bonchev–Trinajstić information content (AvgIpc) is 3.38. The van der Waals surface area contributed by atoms with Gasteiger partial charge < -0.3 is 13.9 Å². The van der Waals surface area contributed by atoms with Crippen molar-refractivity contribution < 1.29 is 14.0 Å². The molecule has 44 heavy (non-hydrogen) atoms. The second-order valence-electron chi connectivity index (χ2n) is 11.5. The molecule has 0 radical (unpaired) electrons. The summed E-state index contributed by atoms with van der Waals surface area (Å²) < 4.78 is 7.48. The van der Waals surface area contributed by atoms with E-state index in [4.69, 9.17) is 4.42 Å². The first-order valence-corrected chi connectivity index (χ1v) is 14.6. The molecule has 1 aliphatic rings. The molecule has 2 amide bonds. The fourth-order valence-electron chi connectivity index (χ4n) is 5.95. The molecule has 0 fully saturated rings. The van der Waals surface area contributed by atoms with E-state index in [0.29, 0.717) is 30.6 Å². The minimum absolute atomic E-state index is 0. The van der Waals surface area contributed by atoms with Crippen molar-refractivity contribution in [2.45, 2.75) is 46.7 Å². The molecule has 5 rings (SSSR count). The molecule has 2 atom stereocenters. The van der Waals surface area contributed by atoms with E-state index >= 15 is 0 Å². The smallest absolute Gasteiger partial charge is 0.330 e. The van der Waals surface area contributed by atoms with Crippen LogP contribution in [0.1, 0.15) is 37.2 Å². The zero-order chi connectivity index (χ0) is 30.0. The molecule has 1 aromatic carbocycles. The van der Waals surface area contributed by atoms with Crippen LogP contribution in [0.4, 0.5) is 11.4 Å². The van der Waals surface area contributed by atoms with Crippen LogP contribution in [0.5, 0.6) is 0 Å². The summed E-state index contributed by atoms with van der Waals surface area (Å²) in [5.41, 5.74) is 4.53. The number of benzene rings is 1. The average molecular weight is 644 g/mol. The first-order chi connectivity index (χ1) is 20.1. The van der Waals surface area contributed by atoms with Gasteiger partial charge in [0, 0.05) is 51.3 Å². The molecule has 4 heterocycles. The van der Waals surface area contributed by atoms with E-state index in [1.54, 1.807) is 48.1 Å². The predicted molar refractivity (Wildman–Crippen MR) is 180 cm³/mol. The normalized spacial score (nSPS) is 18.1. The number of rotatable bonds is 10. The second kappa shape index (κ2) is 14.5. The van der Waals surface area contributed by atoms with E-state index in [1.165, 1.54) is 5.56 Å². The minimum Gasteiger partial charge on any atom is -0.461 e. The lowest BCUT2D eigenvalue weighted by Gasteiger charge is -2.31. The summed E-state index contributed by atoms with van der Waals surface area (Å²) >= 11 is 0. The van der Waals surface area contributed by atoms with Gasteiger partial charge in [-0.25, -0.2) is 9.28 Å². The van der Waals surface area contributed by atoms with Crippen molar-refractivity contribution in [2.24, 2.45) is 5.92 Å². The Hall–Kier alpha value is -3.50. The van der Waals surface area contributed by atoms with Crippen LogP contribution in [0.2, 0.25) is 0 Å². The van der Waals surface area contributed by atoms with Crippen LogP contribution in [0.15, 0.2) is 70.3 Å². The molecule has 9 nitrogen and oxygen atoms in total. The fraction of sp³-hybridized carbons (Fsp3) is 0.394. The number of anilines is 1. The van der Waals surface area contributed by atoms with Crippen molar-refractivity contribution in [3.8, 4) is 0 Å². The zero-order valence-electron chi connectivity index (χ0n) is 26.0. The molecule has 1 aliphatic heterocycles. The Bertz CT molecular complexity index is 1670. The van der Waals surface area contributed by atoms with Crippen molar-refractivity contribution >= 4 is 59.0 Å². The number of furan rings is 1. The SMILES string of the molecule is CC[N+]1(C)C(=O)C(C)C(=O)N(C)c2cc(CCCN(CCn3ccc4oc(C)cc4c3=O)Cc3ccncc3)ccc21.Cl.Cl. The standard InChI is InChI=1S/C33H40N5O4.2ClH/c1-6-38(5)29-10-9-25(21-28(29)35(4)31(39)24(3)33(38)41)8-7-16-36(22-26-11-14-34-15-12-26)18-19-37-17-13-30-27(32(37)40)20-23(2)42-30;;/h9-15,17,20-21,24H,6-8,16,18-19,22H2,1-5H3;2*1H/q+1;;. The highest BCUT2D eigenvalue weighted by molar-refractivity contribution is 6.14. The highest BCUT2D eigenvalue weighted by Crippen LogP contribution is 2.38. The van der Waals surface area contributed by atoms with E-state index in [2.05, 4.69) is 22.0 Å². The third-order valence-corrected chi connectivity index (χ3v) is 8.66. The monoisotopic (exact) mass is 642 g/mol. The highest BCUT2D eigenvalue weighted by atomic mass is 35.5. The van der Waals surface area contributed by atoms with E-state index in [1.807, 2.05) is 45.2 Å². The Morgan fingerprint density at radius 3 is 2.43 bits per heavy atom. The molecule has 0 spiro atoms. The summed E-state index contributed by atoms with van der Waals surface area (Å²) in [6.07, 6.45) is 7.12. The van der Waals surface area contributed by atoms with Gasteiger partial charge in [0.05, 0.1) is 19.0 Å². The maximum atomic E-state index is 13.2. The predicted octanol–water partition coefficient (Wildman–Crippen LogP) is 5.37. The van der Waals surface area contributed by atoms with E-state index < -0.39 is 5.92 Å². The molecule has 2 unspecified atom stereocenters. The van der Waals surface area contributed by atoms with Gasteiger partial charge in [0.25, 0.3) is 5.56 Å². The number of amides is 2. The van der Waals surface area contributed by atoms with Gasteiger partial charge in [0.2, 0.25) is 5.91 Å². The molecule has 0 aliphatic carbocycles. The van der Waals surface area contributed by atoms with E-state index in [9.17, 15) is 14.4 Å². The number of pyridine rings is 2. The number of hydrogen-bond acceptors (Lipinski definition) is 6. The van der Waals surface area contributed by atoms with Gasteiger partial charge in [-0.1, -0.05) is 6.07 Å². The Balaban J connectivity index is 0.00000264. The summed E-state index contributed by atoms with van der Waals surface area (Å²) in [7, 11) is 3.66. The van der Waals surface area contributed by atoms with E-state index in [-0.39, 0.29) is 46.7 Å². The largest absolute Gasteiger partial charge is 0.461 e. The van der Waals surface area contributed by atoms with Crippen molar-refractivity contribution in [1.29, 1.82) is 0 Å². The third-order valence-electron chi connectivity index (χ3n) is 8.66. The maximum absolute atomic E-state index is 13.2. The molecule has 0 N–H and O–H groups in total. The first kappa shape index (κ1) is 35.0. The first-order valence-electron chi connectivity index (χ1n) is 14.6. The molecule has 0 bridgehead atoms. The van der Waals surface area contributed by atoms with Gasteiger partial charge in [-0.05, 0) is 81.6 Å². The number of carbonyl (C=O) groups excluding carboxylic acids is 2. The summed E-state index contributed by atoms with van der Waals surface area (Å²) in [5, 5.41) is 0.608. The molecule has 11 heteroatoms. The summed E-state index contributed by atoms with van der Waals surface area (Å²) in [5.74, 6) is -0.208. The van der Waals surface area contributed by atoms with Gasteiger partial charge in [0.15, 0.2) is 11.6 Å². The quantitative estimate of drug-likeness (QED) is 0.171. The molecule has 3 aromatic heterocycles. The van der Waals surface area contributed by atoms with Gasteiger partial charge >= 0.3 is 5.91 Å². The topological polar surface area (TPSA) is 88.7 Å². The molecule has 0 saturated heterocycles. The summed E-state index contributed by atoms with van der Waals surface area (Å²) in [6.45, 7) is 8.97. The number of carbonyl (C=O) groups is 2. The number of aromatic nitrogens is 2. The van der Waals surface area contributed by atoms with Gasteiger partial charge in [-0.2, -0.15) is 0 Å². The van der Waals surface area contributed by atoms with Crippen LogP contribution >= 0.6 is 24.8 Å². The van der Waals surface area contributed by atoms with Crippen molar-refractivity contribution in [3.05, 3.63) is 88.3 Å². The van der Waals surface area contributed by atoms with E-state index in [0.717, 1.165) is 48.6 Å². The number of fused-ring (bicyclic) bond motifs is 2. The van der Waals surface area contributed by atoms with Crippen LogP contribution in [-0.2, 0) is 29.1 Å². The minimum atomic E-state index is -0.691. The van der Waals surface area contributed by atoms with Crippen molar-refractivity contribution in [1.82, 2.24) is 18.9 Å². The number of quaternary nitrogens is 1. The number of aryl methyl sites for hydroxylation is 2. The summed E-state index contributed by atoms with van der Waals surface area (Å²) in [4.78, 5) is 47.5. The lowest BCUT2D eigenvalue weighted by Crippen LogP contribution is -2.53. The van der Waals surface area contributed by atoms with Gasteiger partial charge in [-0.3, -0.25) is 19.5 Å². The highest BCUT2D eigenvalue weighted by Gasteiger charge is 2.46. The van der Waals surface area contributed by atoms with Crippen molar-refractivity contribution in [3.63, 3.8) is 0 Å². The summed E-state index contributed by atoms with van der Waals surface area (Å²) in [6, 6.07) is 13.9. The third kappa shape index (κ3) is 6.91. The zero-order valence-corrected chi connectivity index (χ0v) is 27.6. The molecule has 236 valence electrons. The second-order valence-corrected chi connectivity index (χ2v) is 11.5. The Morgan fingerprint density at radius 1 is 1.00 bits per heavy atom. The number of nitrogens with zero attached hydrogens (tertiary/aromatic N) is 5. The van der Waals surface area contributed by atoms with Crippen molar-refractivity contribution in [2.75, 3.05) is 38.6 Å². The van der Waals surface area contributed by atoms with Crippen LogP contribution < -0.4 is 14.9 Å².